The number of nitrogens with one attached hydrogen (secondary N) is 1. The lowest BCUT2D eigenvalue weighted by atomic mass is 9.92. The maximum atomic E-state index is 12.0. The van der Waals surface area contributed by atoms with Crippen LogP contribution in [0, 0.1) is 0 Å². The Bertz CT molecular complexity index is 433. The van der Waals surface area contributed by atoms with Crippen LogP contribution in [0.5, 0.6) is 0 Å². The number of carbonyl (C=O) groups excluding carboxylic acids is 2. The first-order valence-corrected chi connectivity index (χ1v) is 5.68. The first-order chi connectivity index (χ1) is 8.35. The normalized spacial score (nSPS) is 12.8. The monoisotopic (exact) mass is 285 g/mol. The van der Waals surface area contributed by atoms with Gasteiger partial charge >= 0.3 is 0 Å². The SMILES string of the molecule is CN(C)C(=O)CNC(=O)C(C)(N)c1ccccc1.Cl. The van der Waals surface area contributed by atoms with Gasteiger partial charge in [0.25, 0.3) is 0 Å². The topological polar surface area (TPSA) is 75.4 Å². The van der Waals surface area contributed by atoms with Crippen molar-refractivity contribution in [3.8, 4) is 0 Å². The lowest BCUT2D eigenvalue weighted by molar-refractivity contribution is -0.132. The molecular formula is C13H20ClN3O2. The zero-order valence-electron chi connectivity index (χ0n) is 11.3. The quantitative estimate of drug-likeness (QED) is 0.845. The third-order valence-electron chi connectivity index (χ3n) is 2.74. The summed E-state index contributed by atoms with van der Waals surface area (Å²) in [6.07, 6.45) is 0. The largest absolute Gasteiger partial charge is 0.347 e. The molecule has 1 aromatic rings. The van der Waals surface area contributed by atoms with Crippen molar-refractivity contribution in [2.24, 2.45) is 5.73 Å². The Kier molecular flexibility index (Phi) is 6.52. The van der Waals surface area contributed by atoms with Gasteiger partial charge in [0.15, 0.2) is 0 Å². The number of rotatable bonds is 4. The Balaban J connectivity index is 0.00000324. The van der Waals surface area contributed by atoms with Crippen LogP contribution in [0.3, 0.4) is 0 Å². The zero-order chi connectivity index (χ0) is 13.8. The van der Waals surface area contributed by atoms with E-state index in [-0.39, 0.29) is 30.8 Å². The van der Waals surface area contributed by atoms with E-state index in [0.717, 1.165) is 0 Å². The number of carbonyl (C=O) groups is 2. The summed E-state index contributed by atoms with van der Waals surface area (Å²) >= 11 is 0. The molecule has 0 heterocycles. The van der Waals surface area contributed by atoms with E-state index < -0.39 is 5.54 Å². The van der Waals surface area contributed by atoms with Crippen molar-refractivity contribution in [1.82, 2.24) is 10.2 Å². The fourth-order valence-corrected chi connectivity index (χ4v) is 1.41. The van der Waals surface area contributed by atoms with E-state index in [4.69, 9.17) is 5.73 Å². The Morgan fingerprint density at radius 3 is 2.26 bits per heavy atom. The summed E-state index contributed by atoms with van der Waals surface area (Å²) in [6, 6.07) is 9.06. The molecule has 0 aromatic heterocycles. The molecule has 19 heavy (non-hydrogen) atoms. The van der Waals surface area contributed by atoms with E-state index >= 15 is 0 Å². The molecule has 1 rings (SSSR count). The second kappa shape index (κ2) is 7.11. The molecule has 0 aliphatic heterocycles. The summed E-state index contributed by atoms with van der Waals surface area (Å²) in [5.74, 6) is -0.545. The Labute approximate surface area is 119 Å². The minimum absolute atomic E-state index is 0. The van der Waals surface area contributed by atoms with E-state index in [0.29, 0.717) is 5.56 Å². The molecule has 0 aliphatic rings. The van der Waals surface area contributed by atoms with Crippen LogP contribution < -0.4 is 11.1 Å². The van der Waals surface area contributed by atoms with Gasteiger partial charge in [-0.2, -0.15) is 0 Å². The van der Waals surface area contributed by atoms with Gasteiger partial charge in [0.2, 0.25) is 11.8 Å². The first kappa shape index (κ1) is 17.4. The zero-order valence-corrected chi connectivity index (χ0v) is 12.2. The minimum atomic E-state index is -1.14. The summed E-state index contributed by atoms with van der Waals surface area (Å²) in [7, 11) is 3.26. The highest BCUT2D eigenvalue weighted by atomic mass is 35.5. The molecule has 3 N–H and O–H groups in total. The van der Waals surface area contributed by atoms with E-state index in [1.54, 1.807) is 33.2 Å². The third-order valence-corrected chi connectivity index (χ3v) is 2.74. The molecule has 0 bridgehead atoms. The molecule has 1 aromatic carbocycles. The second-order valence-corrected chi connectivity index (χ2v) is 4.54. The number of halogens is 1. The number of hydrogen-bond donors (Lipinski definition) is 2. The highest BCUT2D eigenvalue weighted by molar-refractivity contribution is 5.90. The van der Waals surface area contributed by atoms with Gasteiger partial charge in [-0.3, -0.25) is 9.59 Å². The van der Waals surface area contributed by atoms with Crippen LogP contribution in [0.25, 0.3) is 0 Å². The fraction of sp³-hybridized carbons (Fsp3) is 0.385. The Morgan fingerprint density at radius 2 is 1.79 bits per heavy atom. The highest BCUT2D eigenvalue weighted by Crippen LogP contribution is 2.17. The summed E-state index contributed by atoms with van der Waals surface area (Å²) in [6.45, 7) is 1.57. The van der Waals surface area contributed by atoms with E-state index in [1.165, 1.54) is 4.90 Å². The molecule has 0 aliphatic carbocycles. The Hall–Kier alpha value is -1.59. The van der Waals surface area contributed by atoms with Crippen LogP contribution in [0.15, 0.2) is 30.3 Å². The molecule has 2 amide bonds. The smallest absolute Gasteiger partial charge is 0.244 e. The first-order valence-electron chi connectivity index (χ1n) is 5.68. The third kappa shape index (κ3) is 4.54. The average molecular weight is 286 g/mol. The molecule has 106 valence electrons. The van der Waals surface area contributed by atoms with Gasteiger partial charge in [0.1, 0.15) is 5.54 Å². The van der Waals surface area contributed by atoms with Gasteiger partial charge in [-0.15, -0.1) is 12.4 Å². The predicted octanol–water partition coefficient (Wildman–Crippen LogP) is 0.487. The highest BCUT2D eigenvalue weighted by Gasteiger charge is 2.30. The van der Waals surface area contributed by atoms with Gasteiger partial charge in [0.05, 0.1) is 6.54 Å². The van der Waals surface area contributed by atoms with Crippen molar-refractivity contribution >= 4 is 24.2 Å². The average Bonchev–Trinajstić information content (AvgIpc) is 2.36. The van der Waals surface area contributed by atoms with Crippen LogP contribution >= 0.6 is 12.4 Å². The number of nitrogens with two attached hydrogens (primary N) is 1. The predicted molar refractivity (Wildman–Crippen MR) is 76.9 cm³/mol. The van der Waals surface area contributed by atoms with Crippen molar-refractivity contribution in [2.45, 2.75) is 12.5 Å². The molecule has 0 fully saturated rings. The number of nitrogens with zero attached hydrogens (tertiary/aromatic N) is 1. The minimum Gasteiger partial charge on any atom is -0.347 e. The molecule has 0 spiro atoms. The van der Waals surface area contributed by atoms with E-state index in [9.17, 15) is 9.59 Å². The standard InChI is InChI=1S/C13H19N3O2.ClH/c1-13(14,10-7-5-4-6-8-10)12(18)15-9-11(17)16(2)3;/h4-8H,9,14H2,1-3H3,(H,15,18);1H. The van der Waals surface area contributed by atoms with Crippen molar-refractivity contribution < 1.29 is 9.59 Å². The van der Waals surface area contributed by atoms with Crippen molar-refractivity contribution in [1.29, 1.82) is 0 Å². The van der Waals surface area contributed by atoms with Crippen LogP contribution in [-0.2, 0) is 15.1 Å². The van der Waals surface area contributed by atoms with Crippen LogP contribution in [0.2, 0.25) is 0 Å². The molecular weight excluding hydrogens is 266 g/mol. The molecule has 0 saturated carbocycles. The number of hydrogen-bond acceptors (Lipinski definition) is 3. The number of likely N-dealkylation sites (N-methyl/N-ethyl adjacent to an activating group) is 1. The van der Waals surface area contributed by atoms with E-state index in [2.05, 4.69) is 5.32 Å². The second-order valence-electron chi connectivity index (χ2n) is 4.54. The van der Waals surface area contributed by atoms with Gasteiger partial charge in [-0.1, -0.05) is 30.3 Å². The van der Waals surface area contributed by atoms with Gasteiger partial charge < -0.3 is 16.0 Å². The lowest BCUT2D eigenvalue weighted by Gasteiger charge is -2.24. The summed E-state index contributed by atoms with van der Waals surface area (Å²) in [4.78, 5) is 24.8. The van der Waals surface area contributed by atoms with Crippen molar-refractivity contribution in [3.63, 3.8) is 0 Å². The van der Waals surface area contributed by atoms with Gasteiger partial charge in [-0.25, -0.2) is 0 Å². The molecule has 5 nitrogen and oxygen atoms in total. The Morgan fingerprint density at radius 1 is 1.26 bits per heavy atom. The summed E-state index contributed by atoms with van der Waals surface area (Å²) in [5, 5.41) is 2.55. The summed E-state index contributed by atoms with van der Waals surface area (Å²) in [5.41, 5.74) is 5.57. The van der Waals surface area contributed by atoms with Crippen LogP contribution in [0.4, 0.5) is 0 Å². The lowest BCUT2D eigenvalue weighted by Crippen LogP contribution is -2.51. The molecule has 1 unspecified atom stereocenters. The van der Waals surface area contributed by atoms with Gasteiger partial charge in [0, 0.05) is 14.1 Å². The van der Waals surface area contributed by atoms with Crippen LogP contribution in [-0.4, -0.2) is 37.4 Å². The molecule has 6 heteroatoms. The molecule has 1 atom stereocenters. The maximum absolute atomic E-state index is 12.0. The van der Waals surface area contributed by atoms with Crippen LogP contribution in [0.1, 0.15) is 12.5 Å². The number of benzene rings is 1. The summed E-state index contributed by atoms with van der Waals surface area (Å²) < 4.78 is 0. The fourth-order valence-electron chi connectivity index (χ4n) is 1.41. The van der Waals surface area contributed by atoms with Crippen molar-refractivity contribution in [3.05, 3.63) is 35.9 Å². The molecule has 0 radical (unpaired) electrons. The number of amides is 2. The molecule has 0 saturated heterocycles. The van der Waals surface area contributed by atoms with Gasteiger partial charge in [-0.05, 0) is 12.5 Å². The van der Waals surface area contributed by atoms with E-state index in [1.807, 2.05) is 18.2 Å². The van der Waals surface area contributed by atoms with Crippen molar-refractivity contribution in [2.75, 3.05) is 20.6 Å². The maximum Gasteiger partial charge on any atom is 0.244 e.